The molecule has 0 aromatic carbocycles. The van der Waals surface area contributed by atoms with Gasteiger partial charge in [-0.3, -0.25) is 4.79 Å². The van der Waals surface area contributed by atoms with E-state index in [0.717, 1.165) is 32.7 Å². The molecule has 1 aliphatic heterocycles. The number of nitrogens with one attached hydrogen (secondary N) is 1. The third kappa shape index (κ3) is 2.96. The number of amides is 1. The van der Waals surface area contributed by atoms with Crippen LogP contribution in [0.1, 0.15) is 17.3 Å². The Morgan fingerprint density at radius 3 is 2.71 bits per heavy atom. The van der Waals surface area contributed by atoms with Crippen molar-refractivity contribution in [2.75, 3.05) is 32.7 Å². The lowest BCUT2D eigenvalue weighted by Gasteiger charge is -2.31. The number of hydrogen-bond donors (Lipinski definition) is 1. The van der Waals surface area contributed by atoms with E-state index < -0.39 is 0 Å². The van der Waals surface area contributed by atoms with Crippen LogP contribution in [0, 0.1) is 0 Å². The molecule has 0 aliphatic carbocycles. The number of pyridine rings is 1. The molecule has 1 N–H and O–H groups in total. The summed E-state index contributed by atoms with van der Waals surface area (Å²) in [5.41, 5.74) is 0.620. The molecule has 17 heavy (non-hydrogen) atoms. The second-order valence-corrected chi connectivity index (χ2v) is 4.65. The van der Waals surface area contributed by atoms with Gasteiger partial charge in [-0.1, -0.05) is 11.6 Å². The highest BCUT2D eigenvalue weighted by Crippen LogP contribution is 2.08. The fraction of sp³-hybridized carbons (Fsp3) is 0.500. The number of rotatable bonds is 2. The zero-order valence-electron chi connectivity index (χ0n) is 9.95. The van der Waals surface area contributed by atoms with E-state index in [9.17, 15) is 4.79 Å². The molecular weight excluding hydrogens is 238 g/mol. The van der Waals surface area contributed by atoms with Crippen molar-refractivity contribution in [1.29, 1.82) is 0 Å². The number of likely N-dealkylation sites (N-methyl/N-ethyl adjacent to an activating group) is 1. The van der Waals surface area contributed by atoms with E-state index >= 15 is 0 Å². The fourth-order valence-corrected chi connectivity index (χ4v) is 2.18. The summed E-state index contributed by atoms with van der Waals surface area (Å²) in [7, 11) is 0. The summed E-state index contributed by atoms with van der Waals surface area (Å²) in [5, 5.41) is 0.418. The molecule has 1 aromatic heterocycles. The number of quaternary nitrogens is 1. The highest BCUT2D eigenvalue weighted by molar-refractivity contribution is 6.29. The smallest absolute Gasteiger partial charge is 0.255 e. The van der Waals surface area contributed by atoms with Crippen LogP contribution in [0.4, 0.5) is 0 Å². The average Bonchev–Trinajstić information content (AvgIpc) is 2.39. The van der Waals surface area contributed by atoms with Crippen LogP contribution in [-0.2, 0) is 0 Å². The van der Waals surface area contributed by atoms with Crippen molar-refractivity contribution in [2.24, 2.45) is 0 Å². The van der Waals surface area contributed by atoms with Crippen LogP contribution in [0.3, 0.4) is 0 Å². The van der Waals surface area contributed by atoms with E-state index in [2.05, 4.69) is 11.9 Å². The molecule has 5 heteroatoms. The molecule has 4 nitrogen and oxygen atoms in total. The zero-order valence-corrected chi connectivity index (χ0v) is 10.7. The Kier molecular flexibility index (Phi) is 3.97. The van der Waals surface area contributed by atoms with E-state index in [4.69, 9.17) is 11.6 Å². The van der Waals surface area contributed by atoms with E-state index in [1.54, 1.807) is 23.2 Å². The predicted octanol–water partition coefficient (Wildman–Crippen LogP) is 0.0956. The van der Waals surface area contributed by atoms with E-state index in [1.807, 2.05) is 4.90 Å². The highest BCUT2D eigenvalue weighted by Gasteiger charge is 2.23. The maximum atomic E-state index is 12.1. The van der Waals surface area contributed by atoms with Gasteiger partial charge in [0.25, 0.3) is 5.91 Å². The highest BCUT2D eigenvalue weighted by atomic mass is 35.5. The third-order valence-corrected chi connectivity index (χ3v) is 3.46. The Bertz CT molecular complexity index is 385. The Morgan fingerprint density at radius 1 is 1.47 bits per heavy atom. The number of hydrogen-bond acceptors (Lipinski definition) is 2. The summed E-state index contributed by atoms with van der Waals surface area (Å²) in [6.07, 6.45) is 1.55. The predicted molar refractivity (Wildman–Crippen MR) is 66.4 cm³/mol. The van der Waals surface area contributed by atoms with Crippen LogP contribution in [0.25, 0.3) is 0 Å². The largest absolute Gasteiger partial charge is 0.332 e. The monoisotopic (exact) mass is 254 g/mol. The molecule has 1 saturated heterocycles. The molecule has 1 aliphatic rings. The maximum absolute atomic E-state index is 12.1. The summed E-state index contributed by atoms with van der Waals surface area (Å²) in [6.45, 7) is 7.02. The number of halogens is 1. The second-order valence-electron chi connectivity index (χ2n) is 4.27. The van der Waals surface area contributed by atoms with Crippen molar-refractivity contribution in [3.05, 3.63) is 29.0 Å². The minimum Gasteiger partial charge on any atom is -0.332 e. The zero-order chi connectivity index (χ0) is 12.3. The standard InChI is InChI=1S/C12H16ClN3O/c1-2-15-5-7-16(8-6-15)12(17)10-3-4-11(13)14-9-10/h3-4,9H,2,5-8H2,1H3/p+1. The van der Waals surface area contributed by atoms with Gasteiger partial charge in [-0.2, -0.15) is 0 Å². The maximum Gasteiger partial charge on any atom is 0.255 e. The first-order chi connectivity index (χ1) is 8.20. The molecular formula is C12H17ClN3O+. The fourth-order valence-electron chi connectivity index (χ4n) is 2.06. The van der Waals surface area contributed by atoms with Crippen molar-refractivity contribution in [3.63, 3.8) is 0 Å². The Balaban J connectivity index is 1.99. The van der Waals surface area contributed by atoms with E-state index in [0.29, 0.717) is 10.7 Å². The number of piperazine rings is 1. The molecule has 2 heterocycles. The normalized spacial score (nSPS) is 17.2. The van der Waals surface area contributed by atoms with Gasteiger partial charge in [0.05, 0.1) is 38.3 Å². The van der Waals surface area contributed by atoms with Gasteiger partial charge in [0, 0.05) is 6.20 Å². The molecule has 0 bridgehead atoms. The lowest BCUT2D eigenvalue weighted by molar-refractivity contribution is -0.902. The van der Waals surface area contributed by atoms with Gasteiger partial charge in [-0.25, -0.2) is 4.98 Å². The van der Waals surface area contributed by atoms with Gasteiger partial charge in [0.15, 0.2) is 0 Å². The van der Waals surface area contributed by atoms with Crippen LogP contribution < -0.4 is 4.90 Å². The third-order valence-electron chi connectivity index (χ3n) is 3.23. The number of nitrogens with zero attached hydrogens (tertiary/aromatic N) is 2. The number of carbonyl (C=O) groups is 1. The minimum absolute atomic E-state index is 0.0596. The lowest BCUT2D eigenvalue weighted by Crippen LogP contribution is -3.14. The van der Waals surface area contributed by atoms with E-state index in [-0.39, 0.29) is 5.91 Å². The van der Waals surface area contributed by atoms with Crippen LogP contribution in [0.2, 0.25) is 5.15 Å². The molecule has 0 spiro atoms. The summed E-state index contributed by atoms with van der Waals surface area (Å²) < 4.78 is 0. The average molecular weight is 255 g/mol. The summed E-state index contributed by atoms with van der Waals surface area (Å²) >= 11 is 5.70. The van der Waals surface area contributed by atoms with Crippen LogP contribution in [0.5, 0.6) is 0 Å². The van der Waals surface area contributed by atoms with Crippen LogP contribution in [-0.4, -0.2) is 48.5 Å². The Morgan fingerprint density at radius 2 is 2.18 bits per heavy atom. The molecule has 2 rings (SSSR count). The Labute approximate surface area is 106 Å². The number of carbonyl (C=O) groups excluding carboxylic acids is 1. The first kappa shape index (κ1) is 12.3. The molecule has 0 unspecified atom stereocenters. The second kappa shape index (κ2) is 5.47. The van der Waals surface area contributed by atoms with Crippen molar-refractivity contribution >= 4 is 17.5 Å². The molecule has 92 valence electrons. The van der Waals surface area contributed by atoms with Crippen LogP contribution >= 0.6 is 11.6 Å². The number of aromatic nitrogens is 1. The molecule has 0 radical (unpaired) electrons. The van der Waals surface area contributed by atoms with Crippen LogP contribution in [0.15, 0.2) is 18.3 Å². The molecule has 0 saturated carbocycles. The van der Waals surface area contributed by atoms with Gasteiger partial charge in [-0.05, 0) is 19.1 Å². The van der Waals surface area contributed by atoms with Crippen molar-refractivity contribution in [1.82, 2.24) is 9.88 Å². The first-order valence-electron chi connectivity index (χ1n) is 5.95. The van der Waals surface area contributed by atoms with Gasteiger partial charge >= 0.3 is 0 Å². The summed E-state index contributed by atoms with van der Waals surface area (Å²) in [5.74, 6) is 0.0596. The quantitative estimate of drug-likeness (QED) is 0.760. The minimum atomic E-state index is 0.0596. The van der Waals surface area contributed by atoms with E-state index in [1.165, 1.54) is 0 Å². The summed E-state index contributed by atoms with van der Waals surface area (Å²) in [6, 6.07) is 3.39. The first-order valence-corrected chi connectivity index (χ1v) is 6.33. The van der Waals surface area contributed by atoms with Gasteiger partial charge < -0.3 is 9.80 Å². The van der Waals surface area contributed by atoms with Gasteiger partial charge in [0.2, 0.25) is 0 Å². The summed E-state index contributed by atoms with van der Waals surface area (Å²) in [4.78, 5) is 19.5. The molecule has 0 atom stereocenters. The van der Waals surface area contributed by atoms with Gasteiger partial charge in [0.1, 0.15) is 5.15 Å². The lowest BCUT2D eigenvalue weighted by atomic mass is 10.2. The molecule has 1 amide bonds. The molecule has 1 fully saturated rings. The van der Waals surface area contributed by atoms with Crippen molar-refractivity contribution < 1.29 is 9.69 Å². The molecule has 1 aromatic rings. The SMILES string of the molecule is CC[NH+]1CCN(C(=O)c2ccc(Cl)nc2)CC1. The van der Waals surface area contributed by atoms with Crippen molar-refractivity contribution in [3.8, 4) is 0 Å². The Hall–Kier alpha value is -1.13. The van der Waals surface area contributed by atoms with Crippen molar-refractivity contribution in [2.45, 2.75) is 6.92 Å². The topological polar surface area (TPSA) is 37.6 Å². The van der Waals surface area contributed by atoms with Gasteiger partial charge in [-0.15, -0.1) is 0 Å².